The van der Waals surface area contributed by atoms with Gasteiger partial charge in [0.1, 0.15) is 16.9 Å². The Morgan fingerprint density at radius 3 is 3.08 bits per heavy atom. The predicted octanol–water partition coefficient (Wildman–Crippen LogP) is 1.89. The van der Waals surface area contributed by atoms with Crippen molar-refractivity contribution in [3.05, 3.63) is 46.8 Å². The summed E-state index contributed by atoms with van der Waals surface area (Å²) in [5, 5.41) is 31.3. The van der Waals surface area contributed by atoms with Gasteiger partial charge in [0.05, 0.1) is 23.8 Å². The maximum atomic E-state index is 9.82. The molecule has 2 aromatic heterocycles. The standard InChI is InChI=1S/C16H15N7O/c1-18-6-5-12-10(7-17)14(11-8-19-21-16(11)20-12)9-3-2-4-13-15(9)23-24-22-13/h2-4,8,14,18H,5-6H2,1H3,(H2,19,20,21). The molecular weight excluding hydrogens is 306 g/mol. The first-order valence-electron chi connectivity index (χ1n) is 7.62. The zero-order valence-electron chi connectivity index (χ0n) is 13.0. The number of allylic oxidation sites excluding steroid dienone is 1. The molecule has 1 aliphatic rings. The largest absolute Gasteiger partial charge is 0.343 e. The Morgan fingerprint density at radius 1 is 1.33 bits per heavy atom. The third-order valence-electron chi connectivity index (χ3n) is 4.24. The maximum Gasteiger partial charge on any atom is 0.139 e. The fraction of sp³-hybridized carbons (Fsp3) is 0.250. The predicted molar refractivity (Wildman–Crippen MR) is 87.0 cm³/mol. The number of aromatic amines is 1. The van der Waals surface area contributed by atoms with Crippen molar-refractivity contribution in [2.24, 2.45) is 0 Å². The van der Waals surface area contributed by atoms with Crippen molar-refractivity contribution in [2.45, 2.75) is 12.3 Å². The summed E-state index contributed by atoms with van der Waals surface area (Å²) in [5.41, 5.74) is 4.67. The smallest absolute Gasteiger partial charge is 0.139 e. The number of nitriles is 1. The van der Waals surface area contributed by atoms with E-state index >= 15 is 0 Å². The van der Waals surface area contributed by atoms with Crippen molar-refractivity contribution < 1.29 is 4.63 Å². The molecule has 1 aliphatic heterocycles. The van der Waals surface area contributed by atoms with Gasteiger partial charge in [-0.05, 0) is 29.0 Å². The minimum atomic E-state index is -0.257. The SMILES string of the molecule is CNCCC1=C(C#N)C(c2cccc3nonc23)c2cn[nH]c2N1. The minimum Gasteiger partial charge on any atom is -0.343 e. The molecule has 4 rings (SSSR count). The van der Waals surface area contributed by atoms with Crippen LogP contribution in [-0.4, -0.2) is 34.1 Å². The molecule has 120 valence electrons. The summed E-state index contributed by atoms with van der Waals surface area (Å²) >= 11 is 0. The highest BCUT2D eigenvalue weighted by molar-refractivity contribution is 5.80. The Bertz CT molecular complexity index is 962. The molecule has 1 unspecified atom stereocenters. The van der Waals surface area contributed by atoms with Gasteiger partial charge in [0.2, 0.25) is 0 Å². The maximum absolute atomic E-state index is 9.82. The van der Waals surface area contributed by atoms with Crippen molar-refractivity contribution in [3.8, 4) is 6.07 Å². The average Bonchev–Trinajstić information content (AvgIpc) is 3.26. The lowest BCUT2D eigenvalue weighted by Gasteiger charge is -2.26. The molecule has 3 N–H and O–H groups in total. The van der Waals surface area contributed by atoms with E-state index in [2.05, 4.69) is 37.2 Å². The number of anilines is 1. The van der Waals surface area contributed by atoms with E-state index in [1.807, 2.05) is 25.2 Å². The number of fused-ring (bicyclic) bond motifs is 2. The number of rotatable bonds is 4. The summed E-state index contributed by atoms with van der Waals surface area (Å²) in [5.74, 6) is 0.547. The van der Waals surface area contributed by atoms with Crippen molar-refractivity contribution in [2.75, 3.05) is 18.9 Å². The Labute approximate surface area is 137 Å². The molecule has 0 aliphatic carbocycles. The lowest BCUT2D eigenvalue weighted by Crippen LogP contribution is -2.21. The van der Waals surface area contributed by atoms with Crippen LogP contribution in [-0.2, 0) is 0 Å². The second-order valence-corrected chi connectivity index (χ2v) is 5.60. The molecular formula is C16H15N7O. The summed E-state index contributed by atoms with van der Waals surface area (Å²) < 4.78 is 4.88. The van der Waals surface area contributed by atoms with Crippen LogP contribution in [0.2, 0.25) is 0 Å². The van der Waals surface area contributed by atoms with Crippen molar-refractivity contribution in [1.82, 2.24) is 25.8 Å². The van der Waals surface area contributed by atoms with Crippen molar-refractivity contribution in [1.29, 1.82) is 5.26 Å². The third kappa shape index (κ3) is 2.14. The lowest BCUT2D eigenvalue weighted by molar-refractivity contribution is 0.315. The first-order chi connectivity index (χ1) is 11.8. The van der Waals surface area contributed by atoms with Crippen LogP contribution in [0.25, 0.3) is 11.0 Å². The van der Waals surface area contributed by atoms with Gasteiger partial charge in [-0.15, -0.1) is 0 Å². The number of nitrogens with one attached hydrogen (secondary N) is 3. The topological polar surface area (TPSA) is 115 Å². The van der Waals surface area contributed by atoms with Gasteiger partial charge >= 0.3 is 0 Å². The van der Waals surface area contributed by atoms with E-state index in [-0.39, 0.29) is 5.92 Å². The van der Waals surface area contributed by atoms with Crippen LogP contribution < -0.4 is 10.6 Å². The van der Waals surface area contributed by atoms with Crippen molar-refractivity contribution >= 4 is 16.9 Å². The molecule has 0 saturated carbocycles. The van der Waals surface area contributed by atoms with Crippen LogP contribution in [0.4, 0.5) is 5.82 Å². The highest BCUT2D eigenvalue weighted by Crippen LogP contribution is 2.42. The number of nitrogens with zero attached hydrogens (tertiary/aromatic N) is 4. The molecule has 3 heterocycles. The number of aromatic nitrogens is 4. The van der Waals surface area contributed by atoms with Gasteiger partial charge in [-0.3, -0.25) is 5.10 Å². The molecule has 0 bridgehead atoms. The Hall–Kier alpha value is -3.18. The van der Waals surface area contributed by atoms with E-state index in [0.29, 0.717) is 23.0 Å². The van der Waals surface area contributed by atoms with Gasteiger partial charge in [0.15, 0.2) is 0 Å². The van der Waals surface area contributed by atoms with Crippen molar-refractivity contribution in [3.63, 3.8) is 0 Å². The fourth-order valence-corrected chi connectivity index (χ4v) is 3.12. The molecule has 1 aromatic carbocycles. The normalized spacial score (nSPS) is 16.8. The van der Waals surface area contributed by atoms with Crippen LogP contribution >= 0.6 is 0 Å². The molecule has 8 nitrogen and oxygen atoms in total. The van der Waals surface area contributed by atoms with E-state index in [9.17, 15) is 5.26 Å². The summed E-state index contributed by atoms with van der Waals surface area (Å²) in [7, 11) is 1.89. The molecule has 8 heteroatoms. The first kappa shape index (κ1) is 14.4. The zero-order chi connectivity index (χ0) is 16.5. The molecule has 0 fully saturated rings. The minimum absolute atomic E-state index is 0.257. The van der Waals surface area contributed by atoms with Gasteiger partial charge in [-0.25, -0.2) is 4.63 Å². The second kappa shape index (κ2) is 5.79. The Kier molecular flexibility index (Phi) is 3.48. The molecule has 3 aromatic rings. The van der Waals surface area contributed by atoms with Gasteiger partial charge in [0, 0.05) is 24.2 Å². The molecule has 0 amide bonds. The number of H-pyrrole nitrogens is 1. The zero-order valence-corrected chi connectivity index (χ0v) is 13.0. The van der Waals surface area contributed by atoms with Gasteiger partial charge in [-0.1, -0.05) is 12.1 Å². The van der Waals surface area contributed by atoms with Crippen LogP contribution in [0.15, 0.2) is 40.3 Å². The Morgan fingerprint density at radius 2 is 2.25 bits per heavy atom. The molecule has 0 saturated heterocycles. The fourth-order valence-electron chi connectivity index (χ4n) is 3.12. The van der Waals surface area contributed by atoms with E-state index in [1.54, 1.807) is 6.20 Å². The Balaban J connectivity index is 1.92. The quantitative estimate of drug-likeness (QED) is 0.672. The van der Waals surface area contributed by atoms with E-state index < -0.39 is 0 Å². The van der Waals surface area contributed by atoms with E-state index in [1.165, 1.54) is 0 Å². The van der Waals surface area contributed by atoms with Crippen LogP contribution in [0.3, 0.4) is 0 Å². The number of benzene rings is 1. The van der Waals surface area contributed by atoms with Gasteiger partial charge in [0.25, 0.3) is 0 Å². The molecule has 0 radical (unpaired) electrons. The summed E-state index contributed by atoms with van der Waals surface area (Å²) in [6.07, 6.45) is 2.45. The number of hydrogen-bond acceptors (Lipinski definition) is 7. The first-order valence-corrected chi connectivity index (χ1v) is 7.62. The van der Waals surface area contributed by atoms with Gasteiger partial charge < -0.3 is 10.6 Å². The number of hydrogen-bond donors (Lipinski definition) is 3. The molecule has 0 spiro atoms. The summed E-state index contributed by atoms with van der Waals surface area (Å²) in [4.78, 5) is 0. The summed E-state index contributed by atoms with van der Waals surface area (Å²) in [6.45, 7) is 0.763. The molecule has 24 heavy (non-hydrogen) atoms. The van der Waals surface area contributed by atoms with E-state index in [4.69, 9.17) is 4.63 Å². The third-order valence-corrected chi connectivity index (χ3v) is 4.24. The molecule has 1 atom stereocenters. The lowest BCUT2D eigenvalue weighted by atomic mass is 9.82. The monoisotopic (exact) mass is 321 g/mol. The highest BCUT2D eigenvalue weighted by Gasteiger charge is 2.32. The van der Waals surface area contributed by atoms with Crippen LogP contribution in [0.1, 0.15) is 23.5 Å². The van der Waals surface area contributed by atoms with Gasteiger partial charge in [-0.2, -0.15) is 10.4 Å². The van der Waals surface area contributed by atoms with Crippen LogP contribution in [0.5, 0.6) is 0 Å². The summed E-state index contributed by atoms with van der Waals surface area (Å²) in [6, 6.07) is 8.05. The van der Waals surface area contributed by atoms with E-state index in [0.717, 1.165) is 29.2 Å². The highest BCUT2D eigenvalue weighted by atomic mass is 16.6. The van der Waals surface area contributed by atoms with Crippen LogP contribution in [0, 0.1) is 11.3 Å². The average molecular weight is 321 g/mol. The second-order valence-electron chi connectivity index (χ2n) is 5.60.